The van der Waals surface area contributed by atoms with E-state index in [1.54, 1.807) is 91.3 Å². The highest BCUT2D eigenvalue weighted by Gasteiger charge is 2.34. The standard InChI is InChI=1S/C31H30ClFN6O6S.C26H28ClFN4O2.C15H16ClN3O4S.C7H6O2S.3H2S/c1-38(46(43,44)28-8-3-2-7-27(28)39(41)42)18-26(20-5-4-6-22(32)15-20)37-31(40)23-10-9-21(16-24(23)33)29-30(34)35-17-25(36-29)19-11-13-45-14-12-19;1-2-4-22(17-5-3-6-19(27)13-17)32-26(33)20-8-7-18(14-21(20)28)24-25(29)30-15-23(31-24)16-9-11-34-12-10-16;1-18(10-13(17)11-5-4-6-12(16)9-11)24(22,23)15-8-3-2-7-14(15)19(20)21;8-5-9-6-1-3-7(10)4-2-6;;;/h2-10,15-17,19,26H,11-14,18H2,1H3,(H2,34,35)(H,37,40);3,5-8,13-16,22H,2,4,9-12H2,1H3,(H2,29,30)(H,32,33);2-9,13H,10,17H2,1H3;1-5,10H;3*1H2/t26-;22-;13-;;;;/m111..../s1. The van der Waals surface area contributed by atoms with Crippen LogP contribution in [0.5, 0.6) is 5.75 Å². The minimum atomic E-state index is -4.39. The van der Waals surface area contributed by atoms with Gasteiger partial charge in [-0.1, -0.05) is 121 Å². The highest BCUT2D eigenvalue weighted by molar-refractivity contribution is 7.89. The Morgan fingerprint density at radius 3 is 1.38 bits per heavy atom. The van der Waals surface area contributed by atoms with E-state index in [1.165, 1.54) is 74.8 Å². The van der Waals surface area contributed by atoms with Crippen molar-refractivity contribution in [3.8, 4) is 28.3 Å². The Hall–Kier alpha value is -9.44. The largest absolute Gasteiger partial charge is 0.429 e. The summed E-state index contributed by atoms with van der Waals surface area (Å²) in [5.74, 6) is -1.60. The second-order valence-corrected chi connectivity index (χ2v) is 31.9. The lowest BCUT2D eigenvalue weighted by Gasteiger charge is -2.25. The van der Waals surface area contributed by atoms with Gasteiger partial charge in [0.25, 0.3) is 29.7 Å². The number of para-hydroxylation sites is 2. The summed E-state index contributed by atoms with van der Waals surface area (Å²) < 4.78 is 100.0. The molecule has 0 saturated carbocycles. The Kier molecular flexibility index (Phi) is 37.5. The zero-order valence-corrected chi connectivity index (χ0v) is 70.9. The number of amides is 2. The Morgan fingerprint density at radius 1 is 0.590 bits per heavy atom. The van der Waals surface area contributed by atoms with Crippen LogP contribution < -0.4 is 32.6 Å². The number of nitro benzene ring substituents is 2. The number of rotatable bonds is 25. The van der Waals surface area contributed by atoms with E-state index in [2.05, 4.69) is 47.9 Å². The first-order valence-electron chi connectivity index (χ1n) is 35.4. The number of carbonyl (C=O) groups is 3. The number of nitrogens with zero attached hydrogens (tertiary/aromatic N) is 8. The Labute approximate surface area is 716 Å². The summed E-state index contributed by atoms with van der Waals surface area (Å²) in [4.78, 5) is 75.1. The molecule has 38 heteroatoms. The number of nitrogen functional groups attached to an aromatic ring is 2. The molecule has 8 aromatic carbocycles. The number of hydrogen-bond donors (Lipinski definition) is 6. The first-order valence-corrected chi connectivity index (χ1v) is 39.9. The summed E-state index contributed by atoms with van der Waals surface area (Å²) >= 11 is 22.3. The van der Waals surface area contributed by atoms with E-state index >= 15 is 8.78 Å². The summed E-state index contributed by atoms with van der Waals surface area (Å²) in [5.41, 5.74) is 21.8. The number of halogens is 5. The maximum atomic E-state index is 15.5. The Morgan fingerprint density at radius 2 is 0.983 bits per heavy atom. The number of ether oxygens (including phenoxy) is 3. The third-order valence-electron chi connectivity index (χ3n) is 18.3. The predicted molar refractivity (Wildman–Crippen MR) is 463 cm³/mol. The summed E-state index contributed by atoms with van der Waals surface area (Å²) in [6.07, 6.45) is 8.11. The fourth-order valence-corrected chi connectivity index (χ4v) is 15.7. The molecule has 4 heterocycles. The first-order chi connectivity index (χ1) is 54.5. The second-order valence-electron chi connectivity index (χ2n) is 26.1. The average Bonchev–Trinajstić information content (AvgIpc) is 0.795. The zero-order valence-electron chi connectivity index (χ0n) is 63.1. The molecule has 0 unspecified atom stereocenters. The van der Waals surface area contributed by atoms with Crippen molar-refractivity contribution in [3.05, 3.63) is 281 Å². The van der Waals surface area contributed by atoms with E-state index in [0.29, 0.717) is 88.1 Å². The average molecular weight is 1780 g/mol. The van der Waals surface area contributed by atoms with Crippen molar-refractivity contribution < 1.29 is 64.1 Å². The molecule has 8 N–H and O–H groups in total. The number of nitro groups is 2. The minimum Gasteiger partial charge on any atom is -0.429 e. The summed E-state index contributed by atoms with van der Waals surface area (Å²) in [6.45, 7) is 4.59. The van der Waals surface area contributed by atoms with Gasteiger partial charge in [0.2, 0.25) is 20.0 Å². The van der Waals surface area contributed by atoms with Crippen molar-refractivity contribution in [2.45, 2.75) is 90.1 Å². The Bertz CT molecular complexity index is 5330. The molecule has 3 atom stereocenters. The number of thiol groups is 1. The molecule has 2 aliphatic heterocycles. The van der Waals surface area contributed by atoms with Gasteiger partial charge in [-0.2, -0.15) is 49.1 Å². The van der Waals surface area contributed by atoms with E-state index in [0.717, 1.165) is 86.8 Å². The molecule has 0 aliphatic carbocycles. The molecule has 622 valence electrons. The van der Waals surface area contributed by atoms with Crippen LogP contribution in [0.4, 0.5) is 31.8 Å². The number of anilines is 2. The van der Waals surface area contributed by atoms with E-state index in [4.69, 9.17) is 61.5 Å². The number of sulfonamides is 2. The first kappa shape index (κ1) is 96.4. The molecular weight excluding hydrogens is 1690 g/mol. The van der Waals surface area contributed by atoms with Crippen molar-refractivity contribution in [1.29, 1.82) is 0 Å². The normalized spacial score (nSPS) is 13.6. The van der Waals surface area contributed by atoms with E-state index in [9.17, 15) is 51.4 Å². The number of nitrogens with two attached hydrogens (primary N) is 3. The van der Waals surface area contributed by atoms with Gasteiger partial charge in [-0.25, -0.2) is 45.6 Å². The van der Waals surface area contributed by atoms with Gasteiger partial charge in [0.05, 0.1) is 56.8 Å². The van der Waals surface area contributed by atoms with E-state index in [-0.39, 0.29) is 105 Å². The number of carbonyl (C=O) groups excluding carboxylic acids is 3. The van der Waals surface area contributed by atoms with Crippen LogP contribution in [-0.2, 0) is 34.3 Å². The molecule has 117 heavy (non-hydrogen) atoms. The highest BCUT2D eigenvalue weighted by Crippen LogP contribution is 2.35. The minimum absolute atomic E-state index is 0. The third-order valence-corrected chi connectivity index (χ3v) is 23.0. The number of aromatic nitrogens is 4. The molecule has 12 rings (SSSR count). The number of likely N-dealkylation sites (N-methyl/N-ethyl adjacent to an activating group) is 2. The van der Waals surface area contributed by atoms with Crippen molar-refractivity contribution >= 4 is 149 Å². The van der Waals surface area contributed by atoms with Gasteiger partial charge in [0.15, 0.2) is 9.79 Å². The maximum absolute atomic E-state index is 15.5. The van der Waals surface area contributed by atoms with Crippen LogP contribution in [0, 0.1) is 31.9 Å². The van der Waals surface area contributed by atoms with Crippen LogP contribution in [-0.4, -0.2) is 127 Å². The quantitative estimate of drug-likeness (QED) is 0.0134. The lowest BCUT2D eigenvalue weighted by atomic mass is 9.96. The van der Waals surface area contributed by atoms with Crippen molar-refractivity contribution in [1.82, 2.24) is 39.2 Å². The fraction of sp³-hybridized carbons (Fsp3) is 0.253. The second kappa shape index (κ2) is 45.5. The highest BCUT2D eigenvalue weighted by atomic mass is 35.5. The van der Waals surface area contributed by atoms with E-state index < -0.39 is 81.7 Å². The molecule has 2 aromatic heterocycles. The van der Waals surface area contributed by atoms with Gasteiger partial charge in [-0.15, -0.1) is 12.6 Å². The molecular formula is C79H86Cl3F2N13O14S6. The summed E-state index contributed by atoms with van der Waals surface area (Å²) in [7, 11) is -5.88. The van der Waals surface area contributed by atoms with Crippen LogP contribution in [0.3, 0.4) is 0 Å². The topological polar surface area (TPSA) is 394 Å². The van der Waals surface area contributed by atoms with Crippen molar-refractivity contribution in [3.63, 3.8) is 0 Å². The number of nitrogens with one attached hydrogen (secondary N) is 2. The molecule has 2 fully saturated rings. The monoisotopic (exact) mass is 1780 g/mol. The molecule has 27 nitrogen and oxygen atoms in total. The number of benzene rings is 8. The van der Waals surface area contributed by atoms with Crippen molar-refractivity contribution in [2.75, 3.05) is 65.1 Å². The van der Waals surface area contributed by atoms with Crippen molar-refractivity contribution in [2.24, 2.45) is 5.73 Å². The zero-order chi connectivity index (χ0) is 82.4. The SMILES string of the molecule is CCC[C@@H](NC(=O)c1ccc(-c2nc(C3CCOCC3)cnc2N)cc1F)c1cccc(Cl)c1.CN(C[C@@H](N)c1cccc(Cl)c1)S(=O)(=O)c1ccccc1[N+](=O)[O-].CN(C[C@@H](NC(=O)c1ccc(-c2nc(C3CCOCC3)cnc2N)cc1F)c1cccc(Cl)c1)S(=O)(=O)c1ccccc1[N+](=O)[O-].O=COc1ccc(S)cc1.S.S.S. The summed E-state index contributed by atoms with van der Waals surface area (Å²) in [6, 6.07) is 43.9. The van der Waals surface area contributed by atoms with Gasteiger partial charge >= 0.3 is 0 Å². The molecule has 0 radical (unpaired) electrons. The van der Waals surface area contributed by atoms with Gasteiger partial charge in [0, 0.05) is 115 Å². The maximum Gasteiger partial charge on any atom is 0.298 e. The molecule has 2 amide bonds. The fourth-order valence-electron chi connectivity index (χ4n) is 12.2. The number of hydrogen-bond acceptors (Lipinski definition) is 22. The van der Waals surface area contributed by atoms with Gasteiger partial charge in [-0.3, -0.25) is 34.6 Å². The van der Waals surface area contributed by atoms with Gasteiger partial charge in [-0.05, 0) is 146 Å². The van der Waals surface area contributed by atoms with Crippen LogP contribution in [0.15, 0.2) is 209 Å². The van der Waals surface area contributed by atoms with Gasteiger partial charge in [0.1, 0.15) is 40.4 Å². The smallest absolute Gasteiger partial charge is 0.298 e. The Balaban J connectivity index is 0.000000264. The van der Waals surface area contributed by atoms with E-state index in [1.807, 2.05) is 25.1 Å². The lowest BCUT2D eigenvalue weighted by Crippen LogP contribution is -2.39. The molecule has 10 aromatic rings. The molecule has 0 spiro atoms. The van der Waals surface area contributed by atoms with Gasteiger partial charge < -0.3 is 42.0 Å². The van der Waals surface area contributed by atoms with Crippen LogP contribution in [0.1, 0.15) is 124 Å². The molecule has 2 saturated heterocycles. The third kappa shape index (κ3) is 26.3. The van der Waals surface area contributed by atoms with Crippen LogP contribution in [0.25, 0.3) is 22.5 Å². The van der Waals surface area contributed by atoms with Crippen LogP contribution in [0.2, 0.25) is 15.1 Å². The predicted octanol–water partition coefficient (Wildman–Crippen LogP) is 15.2. The van der Waals surface area contributed by atoms with Crippen LogP contribution >= 0.6 is 87.9 Å². The summed E-state index contributed by atoms with van der Waals surface area (Å²) in [5, 5.41) is 29.6. The molecule has 2 aliphatic rings. The molecule has 0 bridgehead atoms. The lowest BCUT2D eigenvalue weighted by molar-refractivity contribution is -0.388.